The zero-order chi connectivity index (χ0) is 19.3. The molecule has 0 bridgehead atoms. The molecule has 140 valence electrons. The van der Waals surface area contributed by atoms with E-state index in [1.165, 1.54) is 28.7 Å². The Hall–Kier alpha value is -3.55. The predicted molar refractivity (Wildman–Crippen MR) is 102 cm³/mol. The van der Waals surface area contributed by atoms with Gasteiger partial charge in [-0.2, -0.15) is 0 Å². The summed E-state index contributed by atoms with van der Waals surface area (Å²) in [6.45, 7) is -0.240. The lowest BCUT2D eigenvalue weighted by atomic mass is 10.2. The molecule has 7 nitrogen and oxygen atoms in total. The van der Waals surface area contributed by atoms with Crippen LogP contribution >= 0.6 is 0 Å². The van der Waals surface area contributed by atoms with E-state index in [0.29, 0.717) is 17.2 Å². The van der Waals surface area contributed by atoms with Gasteiger partial charge in [0.1, 0.15) is 18.2 Å². The third kappa shape index (κ3) is 2.83. The topological polar surface area (TPSA) is 81.3 Å². The molecule has 5 rings (SSSR count). The SMILES string of the molecule is O=C(Cn1nc2c3ccccc3nc(C3CC3)n2c1=O)Nc1ccc(F)cc1. The Bertz CT molecular complexity index is 1270. The highest BCUT2D eigenvalue weighted by atomic mass is 19.1. The molecule has 1 aliphatic carbocycles. The fourth-order valence-corrected chi connectivity index (χ4v) is 3.31. The molecule has 1 saturated carbocycles. The maximum absolute atomic E-state index is 13.0. The van der Waals surface area contributed by atoms with E-state index in [4.69, 9.17) is 0 Å². The van der Waals surface area contributed by atoms with Crippen molar-refractivity contribution in [1.82, 2.24) is 19.2 Å². The van der Waals surface area contributed by atoms with Gasteiger partial charge in [-0.25, -0.2) is 23.3 Å². The molecule has 1 aliphatic rings. The van der Waals surface area contributed by atoms with Gasteiger partial charge in [0.2, 0.25) is 5.91 Å². The third-order valence-corrected chi connectivity index (χ3v) is 4.81. The van der Waals surface area contributed by atoms with Crippen molar-refractivity contribution in [2.75, 3.05) is 5.32 Å². The van der Waals surface area contributed by atoms with Gasteiger partial charge >= 0.3 is 5.69 Å². The second kappa shape index (κ2) is 6.26. The number of amides is 1. The molecule has 2 heterocycles. The molecule has 0 spiro atoms. The number of para-hydroxylation sites is 1. The number of hydrogen-bond donors (Lipinski definition) is 1. The van der Waals surface area contributed by atoms with Crippen molar-refractivity contribution in [2.24, 2.45) is 0 Å². The van der Waals surface area contributed by atoms with Crippen LogP contribution in [0.1, 0.15) is 24.6 Å². The standard InChI is InChI=1S/C20H16FN5O2/c21-13-7-9-14(10-8-13)22-17(27)11-25-20(28)26-18(12-5-6-12)23-16-4-2-1-3-15(16)19(26)24-25/h1-4,7-10,12H,5-6,11H2,(H,22,27). The first-order valence-electron chi connectivity index (χ1n) is 9.04. The van der Waals surface area contributed by atoms with E-state index in [2.05, 4.69) is 15.4 Å². The second-order valence-electron chi connectivity index (χ2n) is 6.92. The number of benzene rings is 2. The summed E-state index contributed by atoms with van der Waals surface area (Å²) in [4.78, 5) is 30.0. The van der Waals surface area contributed by atoms with Crippen LogP contribution in [-0.2, 0) is 11.3 Å². The Labute approximate surface area is 158 Å². The second-order valence-corrected chi connectivity index (χ2v) is 6.92. The third-order valence-electron chi connectivity index (χ3n) is 4.81. The Morgan fingerprint density at radius 1 is 1.14 bits per heavy atom. The summed E-state index contributed by atoms with van der Waals surface area (Å²) in [5, 5.41) is 7.82. The molecular weight excluding hydrogens is 361 g/mol. The van der Waals surface area contributed by atoms with Gasteiger partial charge < -0.3 is 5.32 Å². The summed E-state index contributed by atoms with van der Waals surface area (Å²) in [5.74, 6) is 0.142. The zero-order valence-corrected chi connectivity index (χ0v) is 14.8. The van der Waals surface area contributed by atoms with Crippen LogP contribution in [0.4, 0.5) is 10.1 Å². The van der Waals surface area contributed by atoms with Gasteiger partial charge in [-0.3, -0.25) is 4.79 Å². The van der Waals surface area contributed by atoms with Crippen LogP contribution < -0.4 is 11.0 Å². The van der Waals surface area contributed by atoms with Crippen LogP contribution in [0.25, 0.3) is 16.6 Å². The maximum Gasteiger partial charge on any atom is 0.352 e. The van der Waals surface area contributed by atoms with Crippen LogP contribution in [0.5, 0.6) is 0 Å². The van der Waals surface area contributed by atoms with Crippen molar-refractivity contribution in [3.8, 4) is 0 Å². The first-order valence-corrected chi connectivity index (χ1v) is 9.04. The van der Waals surface area contributed by atoms with Gasteiger partial charge in [-0.15, -0.1) is 5.10 Å². The number of nitrogens with one attached hydrogen (secondary N) is 1. The molecule has 0 atom stereocenters. The van der Waals surface area contributed by atoms with Gasteiger partial charge in [-0.1, -0.05) is 12.1 Å². The summed E-state index contributed by atoms with van der Waals surface area (Å²) < 4.78 is 15.7. The molecule has 2 aromatic heterocycles. The molecule has 0 radical (unpaired) electrons. The van der Waals surface area contributed by atoms with Gasteiger partial charge in [0.15, 0.2) is 5.65 Å². The Morgan fingerprint density at radius 2 is 1.89 bits per heavy atom. The average molecular weight is 377 g/mol. The first-order chi connectivity index (χ1) is 13.6. The molecular formula is C20H16FN5O2. The number of anilines is 1. The summed E-state index contributed by atoms with van der Waals surface area (Å²) in [6, 6.07) is 13.0. The normalized spacial score (nSPS) is 13.9. The molecule has 28 heavy (non-hydrogen) atoms. The van der Waals surface area contributed by atoms with Crippen molar-refractivity contribution < 1.29 is 9.18 Å². The number of halogens is 1. The van der Waals surface area contributed by atoms with Crippen LogP contribution in [0.2, 0.25) is 0 Å². The van der Waals surface area contributed by atoms with Crippen molar-refractivity contribution >= 4 is 28.1 Å². The lowest BCUT2D eigenvalue weighted by Gasteiger charge is -2.04. The minimum atomic E-state index is -0.414. The van der Waals surface area contributed by atoms with Crippen molar-refractivity contribution in [1.29, 1.82) is 0 Å². The summed E-state index contributed by atoms with van der Waals surface area (Å²) >= 11 is 0. The van der Waals surface area contributed by atoms with Crippen molar-refractivity contribution in [3.05, 3.63) is 70.7 Å². The van der Waals surface area contributed by atoms with Crippen LogP contribution in [-0.4, -0.2) is 25.1 Å². The Kier molecular flexibility index (Phi) is 3.71. The van der Waals surface area contributed by atoms with E-state index in [9.17, 15) is 14.0 Å². The van der Waals surface area contributed by atoms with E-state index in [1.807, 2.05) is 24.3 Å². The van der Waals surface area contributed by atoms with Gasteiger partial charge in [0.05, 0.1) is 5.52 Å². The maximum atomic E-state index is 13.0. The smallest absolute Gasteiger partial charge is 0.324 e. The van der Waals surface area contributed by atoms with Gasteiger partial charge in [-0.05, 0) is 49.2 Å². The number of fused-ring (bicyclic) bond motifs is 3. The number of nitrogens with zero attached hydrogens (tertiary/aromatic N) is 4. The minimum absolute atomic E-state index is 0.240. The zero-order valence-electron chi connectivity index (χ0n) is 14.8. The van der Waals surface area contributed by atoms with Gasteiger partial charge in [0.25, 0.3) is 0 Å². The van der Waals surface area contributed by atoms with E-state index < -0.39 is 5.91 Å². The summed E-state index contributed by atoms with van der Waals surface area (Å²) in [7, 11) is 0. The van der Waals surface area contributed by atoms with Crippen molar-refractivity contribution in [3.63, 3.8) is 0 Å². The molecule has 2 aromatic carbocycles. The molecule has 1 fully saturated rings. The minimum Gasteiger partial charge on any atom is -0.324 e. The average Bonchev–Trinajstić information content (AvgIpc) is 3.49. The first kappa shape index (κ1) is 16.6. The van der Waals surface area contributed by atoms with E-state index in [-0.39, 0.29) is 24.0 Å². The molecule has 1 amide bonds. The van der Waals surface area contributed by atoms with Crippen LogP contribution in [0, 0.1) is 5.82 Å². The largest absolute Gasteiger partial charge is 0.352 e. The van der Waals surface area contributed by atoms with Gasteiger partial charge in [0, 0.05) is 17.0 Å². The van der Waals surface area contributed by atoms with E-state index >= 15 is 0 Å². The lowest BCUT2D eigenvalue weighted by Crippen LogP contribution is -2.29. The number of carbonyl (C=O) groups excluding carboxylic acids is 1. The molecule has 0 aliphatic heterocycles. The molecule has 8 heteroatoms. The Balaban J connectivity index is 1.55. The number of aromatic nitrogens is 4. The monoisotopic (exact) mass is 377 g/mol. The van der Waals surface area contributed by atoms with Crippen LogP contribution in [0.3, 0.4) is 0 Å². The highest BCUT2D eigenvalue weighted by molar-refractivity contribution is 5.92. The molecule has 4 aromatic rings. The fourth-order valence-electron chi connectivity index (χ4n) is 3.31. The summed E-state index contributed by atoms with van der Waals surface area (Å²) in [5.41, 5.74) is 1.36. The van der Waals surface area contributed by atoms with E-state index in [1.54, 1.807) is 0 Å². The molecule has 0 saturated heterocycles. The van der Waals surface area contributed by atoms with Crippen LogP contribution in [0.15, 0.2) is 53.3 Å². The van der Waals surface area contributed by atoms with E-state index in [0.717, 1.165) is 28.4 Å². The van der Waals surface area contributed by atoms with Crippen molar-refractivity contribution in [2.45, 2.75) is 25.3 Å². The quantitative estimate of drug-likeness (QED) is 0.593. The number of rotatable bonds is 4. The number of carbonyl (C=O) groups is 1. The number of hydrogen-bond acceptors (Lipinski definition) is 4. The predicted octanol–water partition coefficient (Wildman–Crippen LogP) is 2.70. The highest BCUT2D eigenvalue weighted by Crippen LogP contribution is 2.39. The fraction of sp³-hybridized carbons (Fsp3) is 0.200. The lowest BCUT2D eigenvalue weighted by molar-refractivity contribution is -0.117. The Morgan fingerprint density at radius 3 is 2.64 bits per heavy atom. The summed E-state index contributed by atoms with van der Waals surface area (Å²) in [6.07, 6.45) is 1.98. The molecule has 1 N–H and O–H groups in total. The highest BCUT2D eigenvalue weighted by Gasteiger charge is 2.30. The molecule has 0 unspecified atom stereocenters.